The van der Waals surface area contributed by atoms with Gasteiger partial charge in [-0.15, -0.1) is 5.10 Å². The molecule has 2 aliphatic heterocycles. The van der Waals surface area contributed by atoms with E-state index in [9.17, 15) is 4.79 Å². The van der Waals surface area contributed by atoms with Gasteiger partial charge in [-0.1, -0.05) is 24.3 Å². The van der Waals surface area contributed by atoms with Gasteiger partial charge in [0.1, 0.15) is 12.2 Å². The lowest BCUT2D eigenvalue weighted by Gasteiger charge is -2.35. The predicted octanol–water partition coefficient (Wildman–Crippen LogP) is 1.99. The summed E-state index contributed by atoms with van der Waals surface area (Å²) in [6.07, 6.45) is 3.63. The molecule has 2 atom stereocenters. The number of benzene rings is 1. The van der Waals surface area contributed by atoms with Crippen LogP contribution in [0.4, 0.5) is 0 Å². The lowest BCUT2D eigenvalue weighted by molar-refractivity contribution is -0.148. The maximum absolute atomic E-state index is 12.9. The fraction of sp³-hybridized carbons (Fsp3) is 0.421. The van der Waals surface area contributed by atoms with E-state index in [4.69, 9.17) is 9.47 Å². The van der Waals surface area contributed by atoms with Gasteiger partial charge in [-0.25, -0.2) is 0 Å². The van der Waals surface area contributed by atoms with Crippen LogP contribution in [0.2, 0.25) is 0 Å². The Morgan fingerprint density at radius 3 is 2.92 bits per heavy atom. The van der Waals surface area contributed by atoms with Crippen molar-refractivity contribution in [2.24, 2.45) is 0 Å². The van der Waals surface area contributed by atoms with Crippen molar-refractivity contribution in [1.82, 2.24) is 15.1 Å². The Hall–Kier alpha value is -2.47. The van der Waals surface area contributed by atoms with Crippen LogP contribution in [0.25, 0.3) is 0 Å². The van der Waals surface area contributed by atoms with Gasteiger partial charge in [-0.2, -0.15) is 5.10 Å². The number of fused-ring (bicyclic) bond motifs is 1. The first-order valence-electron chi connectivity index (χ1n) is 8.71. The van der Waals surface area contributed by atoms with Crippen LogP contribution in [0.1, 0.15) is 24.0 Å². The smallest absolute Gasteiger partial charge is 0.252 e. The molecular formula is C19H21N3O3. The summed E-state index contributed by atoms with van der Waals surface area (Å²) in [6.45, 7) is 1.82. The van der Waals surface area contributed by atoms with Gasteiger partial charge in [0, 0.05) is 25.2 Å². The quantitative estimate of drug-likeness (QED) is 0.856. The van der Waals surface area contributed by atoms with E-state index in [2.05, 4.69) is 22.3 Å². The maximum Gasteiger partial charge on any atom is 0.252 e. The molecule has 1 amide bonds. The molecule has 0 spiro atoms. The zero-order valence-corrected chi connectivity index (χ0v) is 14.0. The van der Waals surface area contributed by atoms with Gasteiger partial charge in [-0.05, 0) is 30.0 Å². The Kier molecular flexibility index (Phi) is 4.61. The van der Waals surface area contributed by atoms with Crippen molar-refractivity contribution in [3.8, 4) is 5.88 Å². The minimum absolute atomic E-state index is 0.0507. The van der Waals surface area contributed by atoms with Gasteiger partial charge in [0.2, 0.25) is 5.88 Å². The molecule has 6 nitrogen and oxygen atoms in total. The second kappa shape index (κ2) is 7.19. The molecule has 0 saturated carbocycles. The van der Waals surface area contributed by atoms with Crippen molar-refractivity contribution < 1.29 is 14.3 Å². The first-order valence-corrected chi connectivity index (χ1v) is 8.71. The lowest BCUT2D eigenvalue weighted by Crippen LogP contribution is -2.49. The van der Waals surface area contributed by atoms with E-state index in [1.165, 1.54) is 11.1 Å². The summed E-state index contributed by atoms with van der Waals surface area (Å²) in [5.41, 5.74) is 2.38. The third-order valence-electron chi connectivity index (χ3n) is 4.76. The molecule has 1 aromatic carbocycles. The van der Waals surface area contributed by atoms with Crippen LogP contribution in [-0.4, -0.2) is 46.3 Å². The fourth-order valence-electron chi connectivity index (χ4n) is 3.46. The Bertz CT molecular complexity index is 738. The van der Waals surface area contributed by atoms with Crippen LogP contribution >= 0.6 is 0 Å². The topological polar surface area (TPSA) is 64.5 Å². The first-order chi connectivity index (χ1) is 12.3. The summed E-state index contributed by atoms with van der Waals surface area (Å²) in [5.74, 6) is 0.562. The van der Waals surface area contributed by atoms with Gasteiger partial charge < -0.3 is 14.4 Å². The number of carbonyl (C=O) groups excluding carboxylic acids is 1. The van der Waals surface area contributed by atoms with Crippen LogP contribution in [0, 0.1) is 0 Å². The van der Waals surface area contributed by atoms with Crippen molar-refractivity contribution in [3.63, 3.8) is 0 Å². The average molecular weight is 339 g/mol. The molecule has 2 aliphatic rings. The highest BCUT2D eigenvalue weighted by molar-refractivity contribution is 5.81. The number of likely N-dealkylation sites (tertiary alicyclic amines) is 1. The summed E-state index contributed by atoms with van der Waals surface area (Å²) in [7, 11) is 0. The summed E-state index contributed by atoms with van der Waals surface area (Å²) < 4.78 is 11.7. The molecular weight excluding hydrogens is 318 g/mol. The Morgan fingerprint density at radius 2 is 2.08 bits per heavy atom. The van der Waals surface area contributed by atoms with Crippen molar-refractivity contribution >= 4 is 5.91 Å². The van der Waals surface area contributed by atoms with Gasteiger partial charge in [0.05, 0.1) is 13.2 Å². The first kappa shape index (κ1) is 16.0. The van der Waals surface area contributed by atoms with E-state index < -0.39 is 6.10 Å². The number of hydrogen-bond donors (Lipinski definition) is 0. The van der Waals surface area contributed by atoms with E-state index in [1.54, 1.807) is 18.3 Å². The molecule has 0 radical (unpaired) electrons. The molecule has 1 aromatic heterocycles. The second-order valence-electron chi connectivity index (χ2n) is 6.50. The van der Waals surface area contributed by atoms with Crippen molar-refractivity contribution in [1.29, 1.82) is 0 Å². The zero-order valence-electron chi connectivity index (χ0n) is 14.0. The highest BCUT2D eigenvalue weighted by Crippen LogP contribution is 2.23. The summed E-state index contributed by atoms with van der Waals surface area (Å²) in [6, 6.07) is 11.7. The third kappa shape index (κ3) is 3.64. The maximum atomic E-state index is 12.9. The Labute approximate surface area is 146 Å². The monoisotopic (exact) mass is 339 g/mol. The highest BCUT2D eigenvalue weighted by atomic mass is 16.5. The molecule has 1 saturated heterocycles. The molecule has 0 aliphatic carbocycles. The number of carbonyl (C=O) groups is 1. The minimum Gasteiger partial charge on any atom is -0.471 e. The van der Waals surface area contributed by atoms with Crippen LogP contribution in [0.5, 0.6) is 5.88 Å². The van der Waals surface area contributed by atoms with E-state index in [0.717, 1.165) is 19.4 Å². The number of hydrogen-bond acceptors (Lipinski definition) is 5. The zero-order chi connectivity index (χ0) is 17.1. The molecule has 2 aromatic rings. The van der Waals surface area contributed by atoms with Crippen LogP contribution in [-0.2, 0) is 22.6 Å². The number of amides is 1. The van der Waals surface area contributed by atoms with Crippen molar-refractivity contribution in [2.45, 2.75) is 38.1 Å². The summed E-state index contributed by atoms with van der Waals surface area (Å²) in [4.78, 5) is 14.7. The Balaban J connectivity index is 1.39. The summed E-state index contributed by atoms with van der Waals surface area (Å²) >= 11 is 0. The van der Waals surface area contributed by atoms with Gasteiger partial charge in [-0.3, -0.25) is 4.79 Å². The molecule has 3 heterocycles. The van der Waals surface area contributed by atoms with Gasteiger partial charge >= 0.3 is 0 Å². The largest absolute Gasteiger partial charge is 0.471 e. The number of piperidine rings is 1. The second-order valence-corrected chi connectivity index (χ2v) is 6.50. The lowest BCUT2D eigenvalue weighted by atomic mass is 9.98. The van der Waals surface area contributed by atoms with E-state index in [-0.39, 0.29) is 12.0 Å². The predicted molar refractivity (Wildman–Crippen MR) is 91.0 cm³/mol. The van der Waals surface area contributed by atoms with Gasteiger partial charge in [0.25, 0.3) is 5.91 Å². The highest BCUT2D eigenvalue weighted by Gasteiger charge is 2.32. The molecule has 6 heteroatoms. The third-order valence-corrected chi connectivity index (χ3v) is 4.76. The molecule has 4 rings (SSSR count). The Morgan fingerprint density at radius 1 is 1.20 bits per heavy atom. The molecule has 0 unspecified atom stereocenters. The number of nitrogens with zero attached hydrogens (tertiary/aromatic N) is 3. The number of aromatic nitrogens is 2. The average Bonchev–Trinajstić information content (AvgIpc) is 2.68. The van der Waals surface area contributed by atoms with Crippen molar-refractivity contribution in [2.75, 3.05) is 13.1 Å². The SMILES string of the molecule is O=C([C@H]1Cc2ccccc2CO1)N1CCC[C@H](Oc2cccnn2)C1. The van der Waals surface area contributed by atoms with E-state index in [0.29, 0.717) is 25.5 Å². The number of rotatable bonds is 3. The van der Waals surface area contributed by atoms with E-state index in [1.807, 2.05) is 17.0 Å². The molecule has 1 fully saturated rings. The number of ether oxygens (including phenoxy) is 2. The fourth-order valence-corrected chi connectivity index (χ4v) is 3.46. The van der Waals surface area contributed by atoms with Crippen LogP contribution in [0.3, 0.4) is 0 Å². The molecule has 0 N–H and O–H groups in total. The minimum atomic E-state index is -0.398. The van der Waals surface area contributed by atoms with Gasteiger partial charge in [0.15, 0.2) is 0 Å². The van der Waals surface area contributed by atoms with Crippen molar-refractivity contribution in [3.05, 3.63) is 53.7 Å². The summed E-state index contributed by atoms with van der Waals surface area (Å²) in [5, 5.41) is 7.78. The molecule has 25 heavy (non-hydrogen) atoms. The van der Waals surface area contributed by atoms with Crippen LogP contribution < -0.4 is 4.74 Å². The molecule has 130 valence electrons. The normalized spacial score (nSPS) is 23.0. The molecule has 0 bridgehead atoms. The standard InChI is InChI=1S/C19H21N3O3/c23-19(17-11-14-5-1-2-6-15(14)13-24-17)22-10-4-7-16(12-22)25-18-8-3-9-20-21-18/h1-3,5-6,8-9,16-17H,4,7,10-13H2/t16-,17+/m0/s1. The van der Waals surface area contributed by atoms with Crippen LogP contribution in [0.15, 0.2) is 42.6 Å². The van der Waals surface area contributed by atoms with E-state index >= 15 is 0 Å².